The van der Waals surface area contributed by atoms with Gasteiger partial charge >= 0.3 is 0 Å². The summed E-state index contributed by atoms with van der Waals surface area (Å²) in [4.78, 5) is 19.0. The largest absolute Gasteiger partial charge is 0.350 e. The molecule has 124 valence electrons. The Hall–Kier alpha value is -2.73. The minimum atomic E-state index is -0.332. The molecule has 24 heavy (non-hydrogen) atoms. The summed E-state index contributed by atoms with van der Waals surface area (Å²) >= 11 is 0. The molecule has 0 fully saturated rings. The zero-order valence-electron chi connectivity index (χ0n) is 14.1. The van der Waals surface area contributed by atoms with Crippen LogP contribution in [0.2, 0.25) is 0 Å². The van der Waals surface area contributed by atoms with Gasteiger partial charge in [0.25, 0.3) is 0 Å². The molecule has 1 N–H and O–H groups in total. The van der Waals surface area contributed by atoms with Crippen LogP contribution in [0.4, 0.5) is 0 Å². The molecule has 0 aliphatic heterocycles. The highest BCUT2D eigenvalue weighted by molar-refractivity contribution is 5.83. The highest BCUT2D eigenvalue weighted by atomic mass is 16.2. The van der Waals surface area contributed by atoms with Crippen molar-refractivity contribution in [3.8, 4) is 0 Å². The first-order valence-corrected chi connectivity index (χ1v) is 7.85. The molecule has 0 spiro atoms. The molecule has 6 heteroatoms. The first kappa shape index (κ1) is 16.1. The Morgan fingerprint density at radius 2 is 2.08 bits per heavy atom. The molecule has 2 aromatic heterocycles. The molecular weight excluding hydrogens is 302 g/mol. The number of likely N-dealkylation sites (N-methyl/N-ethyl adjacent to an activating group) is 1. The summed E-state index contributed by atoms with van der Waals surface area (Å²) in [6.45, 7) is 2.42. The quantitative estimate of drug-likeness (QED) is 0.780. The molecule has 0 aliphatic rings. The van der Waals surface area contributed by atoms with Crippen molar-refractivity contribution in [3.05, 3.63) is 65.6 Å². The van der Waals surface area contributed by atoms with Gasteiger partial charge in [0.1, 0.15) is 6.04 Å². The smallest absolute Gasteiger partial charge is 0.242 e. The summed E-state index contributed by atoms with van der Waals surface area (Å²) in [6, 6.07) is 9.45. The maximum atomic E-state index is 12.8. The summed E-state index contributed by atoms with van der Waals surface area (Å²) in [7, 11) is 3.82. The SMILES string of the molecule is Cc1ccccc1C(C(=O)NCc1cnn2cccnc12)N(C)C. The minimum absolute atomic E-state index is 0.0374. The minimum Gasteiger partial charge on any atom is -0.350 e. The van der Waals surface area contributed by atoms with E-state index in [4.69, 9.17) is 0 Å². The number of carbonyl (C=O) groups excluding carboxylic acids is 1. The Kier molecular flexibility index (Phi) is 4.57. The van der Waals surface area contributed by atoms with Crippen molar-refractivity contribution in [1.29, 1.82) is 0 Å². The molecule has 0 saturated heterocycles. The van der Waals surface area contributed by atoms with Crippen LogP contribution in [0.1, 0.15) is 22.7 Å². The average molecular weight is 323 g/mol. The molecule has 1 aromatic carbocycles. The number of benzene rings is 1. The summed E-state index contributed by atoms with van der Waals surface area (Å²) in [5.74, 6) is -0.0374. The van der Waals surface area contributed by atoms with E-state index in [-0.39, 0.29) is 11.9 Å². The number of aromatic nitrogens is 3. The van der Waals surface area contributed by atoms with Gasteiger partial charge in [0.2, 0.25) is 5.91 Å². The molecule has 3 aromatic rings. The first-order valence-electron chi connectivity index (χ1n) is 7.85. The van der Waals surface area contributed by atoms with Crippen molar-refractivity contribution in [2.75, 3.05) is 14.1 Å². The van der Waals surface area contributed by atoms with Crippen LogP contribution in [0.25, 0.3) is 5.65 Å². The molecule has 2 heterocycles. The van der Waals surface area contributed by atoms with Crippen LogP contribution in [0, 0.1) is 6.92 Å². The molecule has 1 unspecified atom stereocenters. The van der Waals surface area contributed by atoms with Crippen LogP contribution in [0.3, 0.4) is 0 Å². The lowest BCUT2D eigenvalue weighted by molar-refractivity contribution is -0.125. The highest BCUT2D eigenvalue weighted by Crippen LogP contribution is 2.22. The number of carbonyl (C=O) groups is 1. The highest BCUT2D eigenvalue weighted by Gasteiger charge is 2.24. The normalized spacial score (nSPS) is 12.5. The fraction of sp³-hybridized carbons (Fsp3) is 0.278. The fourth-order valence-electron chi connectivity index (χ4n) is 2.83. The van der Waals surface area contributed by atoms with Crippen LogP contribution < -0.4 is 5.32 Å². The topological polar surface area (TPSA) is 62.5 Å². The van der Waals surface area contributed by atoms with Gasteiger partial charge in [-0.25, -0.2) is 9.50 Å². The molecule has 1 amide bonds. The zero-order valence-corrected chi connectivity index (χ0v) is 14.1. The van der Waals surface area contributed by atoms with Crippen molar-refractivity contribution < 1.29 is 4.79 Å². The van der Waals surface area contributed by atoms with Crippen molar-refractivity contribution in [2.45, 2.75) is 19.5 Å². The third-order valence-electron chi connectivity index (χ3n) is 4.05. The summed E-state index contributed by atoms with van der Waals surface area (Å²) in [5.41, 5.74) is 3.77. The second-order valence-electron chi connectivity index (χ2n) is 6.00. The van der Waals surface area contributed by atoms with E-state index < -0.39 is 0 Å². The number of hydrogen-bond donors (Lipinski definition) is 1. The number of nitrogens with zero attached hydrogens (tertiary/aromatic N) is 4. The second-order valence-corrected chi connectivity index (χ2v) is 6.00. The van der Waals surface area contributed by atoms with E-state index in [1.54, 1.807) is 16.9 Å². The van der Waals surface area contributed by atoms with Gasteiger partial charge < -0.3 is 5.32 Å². The van der Waals surface area contributed by atoms with E-state index >= 15 is 0 Å². The zero-order chi connectivity index (χ0) is 17.1. The standard InChI is InChI=1S/C18H21N5O/c1-13-7-4-5-8-15(13)16(22(2)3)18(24)20-11-14-12-21-23-10-6-9-19-17(14)23/h4-10,12,16H,11H2,1-3H3,(H,20,24). The predicted octanol–water partition coefficient (Wildman–Crippen LogP) is 1.96. The number of rotatable bonds is 5. The third-order valence-corrected chi connectivity index (χ3v) is 4.05. The van der Waals surface area contributed by atoms with Crippen molar-refractivity contribution in [1.82, 2.24) is 24.8 Å². The first-order chi connectivity index (χ1) is 11.6. The van der Waals surface area contributed by atoms with Gasteiger partial charge in [-0.3, -0.25) is 9.69 Å². The molecule has 6 nitrogen and oxygen atoms in total. The van der Waals surface area contributed by atoms with Crippen LogP contribution in [-0.2, 0) is 11.3 Å². The van der Waals surface area contributed by atoms with Crippen molar-refractivity contribution in [2.24, 2.45) is 0 Å². The van der Waals surface area contributed by atoms with Gasteiger partial charge in [0.15, 0.2) is 5.65 Å². The van der Waals surface area contributed by atoms with Crippen LogP contribution >= 0.6 is 0 Å². The van der Waals surface area contributed by atoms with E-state index in [1.807, 2.05) is 62.4 Å². The lowest BCUT2D eigenvalue weighted by Gasteiger charge is -2.25. The van der Waals surface area contributed by atoms with E-state index in [9.17, 15) is 4.79 Å². The molecule has 0 radical (unpaired) electrons. The maximum absolute atomic E-state index is 12.8. The average Bonchev–Trinajstić information content (AvgIpc) is 2.98. The number of amides is 1. The second kappa shape index (κ2) is 6.80. The Morgan fingerprint density at radius 3 is 2.83 bits per heavy atom. The molecule has 0 bridgehead atoms. The van der Waals surface area contributed by atoms with Gasteiger partial charge in [-0.2, -0.15) is 5.10 Å². The molecule has 0 saturated carbocycles. The number of fused-ring (bicyclic) bond motifs is 1. The van der Waals surface area contributed by atoms with E-state index in [2.05, 4.69) is 15.4 Å². The Labute approximate surface area is 141 Å². The van der Waals surface area contributed by atoms with Gasteiger partial charge in [-0.15, -0.1) is 0 Å². The summed E-state index contributed by atoms with van der Waals surface area (Å²) in [6.07, 6.45) is 5.29. The lowest BCUT2D eigenvalue weighted by Crippen LogP contribution is -2.37. The Morgan fingerprint density at radius 1 is 1.29 bits per heavy atom. The lowest BCUT2D eigenvalue weighted by atomic mass is 10.00. The summed E-state index contributed by atoms with van der Waals surface area (Å²) < 4.78 is 1.70. The number of nitrogens with one attached hydrogen (secondary N) is 1. The van der Waals surface area contributed by atoms with Crippen LogP contribution in [0.15, 0.2) is 48.9 Å². The van der Waals surface area contributed by atoms with Gasteiger partial charge in [-0.05, 0) is 38.2 Å². The Balaban J connectivity index is 1.78. The molecule has 0 aliphatic carbocycles. The summed E-state index contributed by atoms with van der Waals surface area (Å²) in [5, 5.41) is 7.25. The predicted molar refractivity (Wildman–Crippen MR) is 92.4 cm³/mol. The third kappa shape index (κ3) is 3.14. The van der Waals surface area contributed by atoms with Crippen molar-refractivity contribution >= 4 is 11.6 Å². The van der Waals surface area contributed by atoms with Crippen LogP contribution in [0.5, 0.6) is 0 Å². The van der Waals surface area contributed by atoms with E-state index in [1.165, 1.54) is 0 Å². The molecule has 1 atom stereocenters. The fourth-order valence-corrected chi connectivity index (χ4v) is 2.83. The van der Waals surface area contributed by atoms with Crippen molar-refractivity contribution in [3.63, 3.8) is 0 Å². The maximum Gasteiger partial charge on any atom is 0.242 e. The van der Waals surface area contributed by atoms with Gasteiger partial charge in [0, 0.05) is 24.5 Å². The van der Waals surface area contributed by atoms with E-state index in [0.717, 1.165) is 22.3 Å². The van der Waals surface area contributed by atoms with Gasteiger partial charge in [0.05, 0.1) is 6.20 Å². The molecular formula is C18H21N5O. The monoisotopic (exact) mass is 323 g/mol. The van der Waals surface area contributed by atoms with E-state index in [0.29, 0.717) is 6.54 Å². The van der Waals surface area contributed by atoms with Crippen LogP contribution in [-0.4, -0.2) is 39.5 Å². The Bertz CT molecular complexity index is 855. The van der Waals surface area contributed by atoms with Gasteiger partial charge in [-0.1, -0.05) is 24.3 Å². The molecule has 3 rings (SSSR count). The number of hydrogen-bond acceptors (Lipinski definition) is 4. The number of aryl methyl sites for hydroxylation is 1.